The maximum atomic E-state index is 13.7. The third kappa shape index (κ3) is 7.40. The molecule has 6 atom stereocenters. The first-order chi connectivity index (χ1) is 17.7. The van der Waals surface area contributed by atoms with Crippen molar-refractivity contribution in [2.75, 3.05) is 13.7 Å². The van der Waals surface area contributed by atoms with Crippen LogP contribution in [-0.4, -0.2) is 56.8 Å². The number of carbonyl (C=O) groups is 1. The van der Waals surface area contributed by atoms with Crippen LogP contribution in [0, 0.1) is 23.7 Å². The van der Waals surface area contributed by atoms with Gasteiger partial charge in [-0.2, -0.15) is 0 Å². The number of esters is 1. The molecule has 1 fully saturated rings. The highest BCUT2D eigenvalue weighted by molar-refractivity contribution is 6.74. The second-order valence-electron chi connectivity index (χ2n) is 15.3. The molecule has 0 heterocycles. The zero-order chi connectivity index (χ0) is 30.2. The number of ether oxygens (including phenoxy) is 1. The third-order valence-corrected chi connectivity index (χ3v) is 24.8. The van der Waals surface area contributed by atoms with Gasteiger partial charge >= 0.3 is 5.97 Å². The summed E-state index contributed by atoms with van der Waals surface area (Å²) in [4.78, 5) is 13.7. The van der Waals surface area contributed by atoms with Crippen molar-refractivity contribution in [1.29, 1.82) is 0 Å². The molecule has 0 unspecified atom stereocenters. The van der Waals surface area contributed by atoms with Gasteiger partial charge in [0.25, 0.3) is 0 Å². The first-order valence-corrected chi connectivity index (χ1v) is 23.8. The highest BCUT2D eigenvalue weighted by atomic mass is 28.4. The van der Waals surface area contributed by atoms with Crippen LogP contribution >= 0.6 is 0 Å². The van der Waals surface area contributed by atoms with Crippen molar-refractivity contribution in [2.24, 2.45) is 23.7 Å². The monoisotopic (exact) mass is 598 g/mol. The van der Waals surface area contributed by atoms with E-state index in [4.69, 9.17) is 18.0 Å². The molecule has 0 aromatic heterocycles. The van der Waals surface area contributed by atoms with E-state index in [-0.39, 0.29) is 51.9 Å². The van der Waals surface area contributed by atoms with Gasteiger partial charge in [0, 0.05) is 24.4 Å². The lowest BCUT2D eigenvalue weighted by molar-refractivity contribution is -0.152. The molecule has 228 valence electrons. The van der Waals surface area contributed by atoms with Crippen molar-refractivity contribution in [3.8, 4) is 0 Å². The van der Waals surface area contributed by atoms with Crippen molar-refractivity contribution in [2.45, 2.75) is 142 Å². The van der Waals surface area contributed by atoms with Crippen molar-refractivity contribution >= 4 is 30.9 Å². The minimum Gasteiger partial charge on any atom is -0.469 e. The van der Waals surface area contributed by atoms with Gasteiger partial charge < -0.3 is 18.0 Å². The molecule has 0 spiro atoms. The van der Waals surface area contributed by atoms with Gasteiger partial charge in [0.1, 0.15) is 0 Å². The summed E-state index contributed by atoms with van der Waals surface area (Å²) in [6, 6.07) is 3.36. The quantitative estimate of drug-likeness (QED) is 0.135. The van der Waals surface area contributed by atoms with Crippen LogP contribution < -0.4 is 0 Å². The average Bonchev–Trinajstić information content (AvgIpc) is 3.14. The van der Waals surface area contributed by atoms with Crippen LogP contribution in [0.25, 0.3) is 0 Å². The third-order valence-electron chi connectivity index (χ3n) is 11.1. The smallest absolute Gasteiger partial charge is 0.309 e. The zero-order valence-electron chi connectivity index (χ0n) is 28.1. The largest absolute Gasteiger partial charge is 0.469 e. The zero-order valence-corrected chi connectivity index (χ0v) is 31.1. The van der Waals surface area contributed by atoms with E-state index < -0.39 is 25.0 Å². The fourth-order valence-corrected chi connectivity index (χ4v) is 11.3. The van der Waals surface area contributed by atoms with Crippen LogP contribution in [0.4, 0.5) is 0 Å². The van der Waals surface area contributed by atoms with E-state index in [2.05, 4.69) is 102 Å². The Morgan fingerprint density at radius 3 is 1.82 bits per heavy atom. The van der Waals surface area contributed by atoms with Gasteiger partial charge in [-0.3, -0.25) is 4.79 Å². The van der Waals surface area contributed by atoms with Gasteiger partial charge in [0.05, 0.1) is 25.2 Å². The molecule has 0 radical (unpaired) electrons. The molecular formula is C31H62O5Si3. The fraction of sp³-hybridized carbons (Fsp3) is 0.903. The van der Waals surface area contributed by atoms with Crippen LogP contribution in [0.15, 0.2) is 11.6 Å². The Kier molecular flexibility index (Phi) is 11.2. The normalized spacial score (nSPS) is 28.7. The van der Waals surface area contributed by atoms with Crippen LogP contribution in [0.3, 0.4) is 0 Å². The summed E-state index contributed by atoms with van der Waals surface area (Å²) in [5.74, 6) is -0.243. The summed E-state index contributed by atoms with van der Waals surface area (Å²) in [6.45, 7) is 32.5. The molecule has 39 heavy (non-hydrogen) atoms. The maximum Gasteiger partial charge on any atom is 0.309 e. The van der Waals surface area contributed by atoms with E-state index in [9.17, 15) is 4.79 Å². The second-order valence-corrected chi connectivity index (χ2v) is 29.6. The molecule has 0 N–H and O–H groups in total. The summed E-state index contributed by atoms with van der Waals surface area (Å²) in [5, 5.41) is 0.194. The van der Waals surface area contributed by atoms with Crippen molar-refractivity contribution in [3.05, 3.63) is 11.6 Å². The van der Waals surface area contributed by atoms with Crippen molar-refractivity contribution in [3.63, 3.8) is 0 Å². The van der Waals surface area contributed by atoms with Gasteiger partial charge in [-0.1, -0.05) is 74.0 Å². The Hall–Kier alpha value is -0.259. The first kappa shape index (κ1) is 34.9. The van der Waals surface area contributed by atoms with E-state index in [1.165, 1.54) is 12.7 Å². The van der Waals surface area contributed by atoms with Crippen LogP contribution in [0.1, 0.15) is 75.7 Å². The van der Waals surface area contributed by atoms with Crippen molar-refractivity contribution < 1.29 is 22.8 Å². The predicted octanol–water partition coefficient (Wildman–Crippen LogP) is 8.79. The Morgan fingerprint density at radius 2 is 1.38 bits per heavy atom. The summed E-state index contributed by atoms with van der Waals surface area (Å²) >= 11 is 0. The highest BCUT2D eigenvalue weighted by Crippen LogP contribution is 2.53. The molecular weight excluding hydrogens is 537 g/mol. The van der Waals surface area contributed by atoms with Gasteiger partial charge in [-0.15, -0.1) is 0 Å². The molecule has 8 heteroatoms. The molecule has 0 aliphatic heterocycles. The lowest BCUT2D eigenvalue weighted by Crippen LogP contribution is -2.50. The molecule has 2 rings (SSSR count). The Balaban J connectivity index is 2.59. The Labute approximate surface area is 244 Å². The molecule has 0 aromatic carbocycles. The van der Waals surface area contributed by atoms with E-state index in [1.807, 2.05) is 0 Å². The van der Waals surface area contributed by atoms with Gasteiger partial charge in [0.2, 0.25) is 0 Å². The number of fused-ring (bicyclic) bond motifs is 1. The molecule has 5 nitrogen and oxygen atoms in total. The SMILES string of the molecule is CC[Si](CC)(CC)O[C@H]1C[C@@H](O[Si](C)(C)C(C)(C)C)[C@@H]2[C@@H]1C=C(C)[C@@H](CO[Si](C)(C)C(C)(C)C)[C@H]2C(=O)OC. The Morgan fingerprint density at radius 1 is 0.872 bits per heavy atom. The number of hydrogen-bond acceptors (Lipinski definition) is 5. The van der Waals surface area contributed by atoms with E-state index in [0.717, 1.165) is 24.6 Å². The maximum absolute atomic E-state index is 13.7. The van der Waals surface area contributed by atoms with Gasteiger partial charge in [-0.25, -0.2) is 0 Å². The van der Waals surface area contributed by atoms with Crippen LogP contribution in [-0.2, 0) is 22.8 Å². The standard InChI is InChI=1S/C31H62O5Si3/c1-16-39(17-2,18-3)36-25-20-26(35-38(14,15)31(8,9)10)27-23(25)19-22(4)24(28(27)29(32)33-11)21-34-37(12,13)30(5,6)7/h19,23-28H,16-18,20-21H2,1-15H3/t23-,24-,25+,26-,27+,28-/m1/s1. The summed E-state index contributed by atoms with van der Waals surface area (Å²) in [7, 11) is -4.39. The minimum atomic E-state index is -2.09. The minimum absolute atomic E-state index is 0.0115. The van der Waals surface area contributed by atoms with E-state index in [0.29, 0.717) is 6.61 Å². The number of hydrogen-bond donors (Lipinski definition) is 0. The summed E-state index contributed by atoms with van der Waals surface area (Å²) < 4.78 is 26.7. The first-order valence-electron chi connectivity index (χ1n) is 15.5. The van der Waals surface area contributed by atoms with Gasteiger partial charge in [0.15, 0.2) is 25.0 Å². The van der Waals surface area contributed by atoms with E-state index >= 15 is 0 Å². The van der Waals surface area contributed by atoms with Gasteiger partial charge in [-0.05, 0) is 67.7 Å². The molecule has 0 saturated heterocycles. The van der Waals surface area contributed by atoms with Crippen LogP contribution in [0.5, 0.6) is 0 Å². The molecule has 0 aromatic rings. The molecule has 1 saturated carbocycles. The Bertz CT molecular complexity index is 858. The number of methoxy groups -OCH3 is 1. The number of carbonyl (C=O) groups excluding carboxylic acids is 1. The molecule has 0 amide bonds. The van der Waals surface area contributed by atoms with Crippen LogP contribution in [0.2, 0.25) is 54.4 Å². The number of rotatable bonds is 11. The lowest BCUT2D eigenvalue weighted by Gasteiger charge is -2.45. The van der Waals surface area contributed by atoms with Crippen molar-refractivity contribution in [1.82, 2.24) is 0 Å². The molecule has 2 aliphatic rings. The lowest BCUT2D eigenvalue weighted by atomic mass is 9.68. The summed E-state index contributed by atoms with van der Waals surface area (Å²) in [5.41, 5.74) is 1.24. The van der Waals surface area contributed by atoms with E-state index in [1.54, 1.807) is 0 Å². The molecule has 0 bridgehead atoms. The fourth-order valence-electron chi connectivity index (χ4n) is 6.04. The second kappa shape index (κ2) is 12.5. The predicted molar refractivity (Wildman–Crippen MR) is 172 cm³/mol. The summed E-state index contributed by atoms with van der Waals surface area (Å²) in [6.07, 6.45) is 3.34. The highest BCUT2D eigenvalue weighted by Gasteiger charge is 2.57. The average molecular weight is 599 g/mol. The topological polar surface area (TPSA) is 54.0 Å². The molecule has 2 aliphatic carbocycles.